The third kappa shape index (κ3) is 2.74. The van der Waals surface area contributed by atoms with Gasteiger partial charge < -0.3 is 4.90 Å². The van der Waals surface area contributed by atoms with E-state index in [9.17, 15) is 0 Å². The number of halogens is 2. The maximum atomic E-state index is 6.29. The maximum absolute atomic E-state index is 6.29. The molecule has 0 unspecified atom stereocenters. The molecule has 3 aromatic rings. The van der Waals surface area contributed by atoms with Crippen molar-refractivity contribution in [1.82, 2.24) is 9.97 Å². The summed E-state index contributed by atoms with van der Waals surface area (Å²) in [6.45, 7) is 0. The number of anilines is 1. The summed E-state index contributed by atoms with van der Waals surface area (Å²) in [5, 5.41) is 1.31. The molecule has 1 aromatic heterocycles. The fourth-order valence-electron chi connectivity index (χ4n) is 2.12. The van der Waals surface area contributed by atoms with Gasteiger partial charge in [0, 0.05) is 35.2 Å². The lowest BCUT2D eigenvalue weighted by Crippen LogP contribution is -2.08. The van der Waals surface area contributed by atoms with Crippen LogP contribution >= 0.6 is 27.5 Å². The van der Waals surface area contributed by atoms with Gasteiger partial charge in [-0.1, -0.05) is 17.7 Å². The number of hydrogen-bond acceptors (Lipinski definition) is 3. The quantitative estimate of drug-likeness (QED) is 0.614. The van der Waals surface area contributed by atoms with E-state index in [1.165, 1.54) is 0 Å². The normalized spacial score (nSPS) is 10.9. The monoisotopic (exact) mass is 361 g/mol. The molecule has 106 valence electrons. The lowest BCUT2D eigenvalue weighted by molar-refractivity contribution is 1.13. The van der Waals surface area contributed by atoms with Gasteiger partial charge in [0.05, 0.1) is 5.52 Å². The molecule has 0 radical (unpaired) electrons. The summed E-state index contributed by atoms with van der Waals surface area (Å²) in [4.78, 5) is 11.1. The molecular formula is C16H13BrClN3. The molecule has 3 nitrogen and oxygen atoms in total. The highest BCUT2D eigenvalue weighted by Gasteiger charge is 2.10. The SMILES string of the molecule is CN(C)c1ccc(-c2nc(Cl)c3cccc(Br)c3n2)cc1. The van der Waals surface area contributed by atoms with Crippen molar-refractivity contribution in [1.29, 1.82) is 0 Å². The molecule has 0 N–H and O–H groups in total. The van der Waals surface area contributed by atoms with Gasteiger partial charge in [-0.15, -0.1) is 0 Å². The summed E-state index contributed by atoms with van der Waals surface area (Å²) < 4.78 is 0.912. The molecule has 21 heavy (non-hydrogen) atoms. The van der Waals surface area contributed by atoms with Crippen molar-refractivity contribution in [3.63, 3.8) is 0 Å². The van der Waals surface area contributed by atoms with Crippen LogP contribution in [0.5, 0.6) is 0 Å². The van der Waals surface area contributed by atoms with E-state index < -0.39 is 0 Å². The third-order valence-electron chi connectivity index (χ3n) is 3.27. The zero-order chi connectivity index (χ0) is 15.0. The summed E-state index contributed by atoms with van der Waals surface area (Å²) in [7, 11) is 4.02. The molecule has 0 saturated heterocycles. The fraction of sp³-hybridized carbons (Fsp3) is 0.125. The van der Waals surface area contributed by atoms with Gasteiger partial charge in [-0.2, -0.15) is 0 Å². The molecule has 0 bridgehead atoms. The first-order valence-corrected chi connectivity index (χ1v) is 7.63. The Morgan fingerprint density at radius 2 is 1.71 bits per heavy atom. The van der Waals surface area contributed by atoms with E-state index in [1.54, 1.807) is 0 Å². The zero-order valence-electron chi connectivity index (χ0n) is 11.6. The minimum Gasteiger partial charge on any atom is -0.378 e. The first-order valence-electron chi connectivity index (χ1n) is 6.46. The molecule has 0 amide bonds. The molecule has 0 spiro atoms. The van der Waals surface area contributed by atoms with E-state index in [2.05, 4.69) is 30.8 Å². The Balaban J connectivity index is 2.14. The van der Waals surface area contributed by atoms with Gasteiger partial charge in [0.15, 0.2) is 5.82 Å². The lowest BCUT2D eigenvalue weighted by atomic mass is 10.1. The number of hydrogen-bond donors (Lipinski definition) is 0. The molecule has 1 heterocycles. The number of aromatic nitrogens is 2. The average Bonchev–Trinajstić information content (AvgIpc) is 2.48. The molecule has 0 saturated carbocycles. The predicted octanol–water partition coefficient (Wildman–Crippen LogP) is 4.78. The first-order chi connectivity index (χ1) is 10.1. The number of benzene rings is 2. The second kappa shape index (κ2) is 5.62. The lowest BCUT2D eigenvalue weighted by Gasteiger charge is -2.12. The zero-order valence-corrected chi connectivity index (χ0v) is 14.0. The minimum absolute atomic E-state index is 0.466. The standard InChI is InChI=1S/C16H13BrClN3/c1-21(2)11-8-6-10(7-9-11)16-19-14-12(15(18)20-16)4-3-5-13(14)17/h3-9H,1-2H3. The number of fused-ring (bicyclic) bond motifs is 1. The van der Waals surface area contributed by atoms with Crippen LogP contribution in [0.15, 0.2) is 46.9 Å². The highest BCUT2D eigenvalue weighted by atomic mass is 79.9. The van der Waals surface area contributed by atoms with Crippen LogP contribution in [-0.4, -0.2) is 24.1 Å². The van der Waals surface area contributed by atoms with Crippen molar-refractivity contribution in [2.24, 2.45) is 0 Å². The summed E-state index contributed by atoms with van der Waals surface area (Å²) in [5.41, 5.74) is 2.90. The van der Waals surface area contributed by atoms with Crippen LogP contribution in [0, 0.1) is 0 Å². The Labute approximate surface area is 136 Å². The van der Waals surface area contributed by atoms with Crippen molar-refractivity contribution < 1.29 is 0 Å². The van der Waals surface area contributed by atoms with E-state index in [0.29, 0.717) is 11.0 Å². The van der Waals surface area contributed by atoms with Crippen LogP contribution in [0.25, 0.3) is 22.3 Å². The topological polar surface area (TPSA) is 29.0 Å². The van der Waals surface area contributed by atoms with E-state index >= 15 is 0 Å². The molecular weight excluding hydrogens is 350 g/mol. The van der Waals surface area contributed by atoms with Crippen molar-refractivity contribution in [2.45, 2.75) is 0 Å². The molecule has 3 rings (SSSR count). The van der Waals surface area contributed by atoms with Gasteiger partial charge in [-0.25, -0.2) is 9.97 Å². The number of nitrogens with zero attached hydrogens (tertiary/aromatic N) is 3. The van der Waals surface area contributed by atoms with Crippen LogP contribution in [0.3, 0.4) is 0 Å². The van der Waals surface area contributed by atoms with Gasteiger partial charge in [-0.3, -0.25) is 0 Å². The van der Waals surface area contributed by atoms with Gasteiger partial charge in [-0.05, 0) is 52.3 Å². The van der Waals surface area contributed by atoms with Crippen LogP contribution < -0.4 is 4.90 Å². The van der Waals surface area contributed by atoms with Crippen LogP contribution in [0.4, 0.5) is 5.69 Å². The van der Waals surface area contributed by atoms with Crippen molar-refractivity contribution in [3.8, 4) is 11.4 Å². The van der Waals surface area contributed by atoms with Crippen molar-refractivity contribution in [3.05, 3.63) is 52.1 Å². The smallest absolute Gasteiger partial charge is 0.161 e. The molecule has 0 aliphatic heterocycles. The Morgan fingerprint density at radius 3 is 2.38 bits per heavy atom. The Kier molecular flexibility index (Phi) is 3.83. The fourth-order valence-corrected chi connectivity index (χ4v) is 2.80. The van der Waals surface area contributed by atoms with E-state index in [4.69, 9.17) is 11.6 Å². The van der Waals surface area contributed by atoms with Crippen LogP contribution in [0.1, 0.15) is 0 Å². The van der Waals surface area contributed by atoms with Gasteiger partial charge in [0.1, 0.15) is 5.15 Å². The molecule has 0 aliphatic carbocycles. The second-order valence-electron chi connectivity index (χ2n) is 4.92. The van der Waals surface area contributed by atoms with Crippen LogP contribution in [0.2, 0.25) is 5.15 Å². The van der Waals surface area contributed by atoms with Crippen molar-refractivity contribution >= 4 is 44.1 Å². The second-order valence-corrected chi connectivity index (χ2v) is 6.13. The maximum Gasteiger partial charge on any atom is 0.161 e. The minimum atomic E-state index is 0.466. The molecule has 0 aliphatic rings. The Bertz CT molecular complexity index is 800. The largest absolute Gasteiger partial charge is 0.378 e. The molecule has 0 atom stereocenters. The van der Waals surface area contributed by atoms with Crippen molar-refractivity contribution in [2.75, 3.05) is 19.0 Å². The number of para-hydroxylation sites is 1. The highest BCUT2D eigenvalue weighted by molar-refractivity contribution is 9.10. The Morgan fingerprint density at radius 1 is 1.00 bits per heavy atom. The summed E-state index contributed by atoms with van der Waals surface area (Å²) in [6.07, 6.45) is 0. The van der Waals surface area contributed by atoms with E-state index in [0.717, 1.165) is 26.6 Å². The average molecular weight is 363 g/mol. The third-order valence-corrected chi connectivity index (χ3v) is 4.20. The molecule has 0 fully saturated rings. The predicted molar refractivity (Wildman–Crippen MR) is 92.0 cm³/mol. The van der Waals surface area contributed by atoms with Gasteiger partial charge in [0.2, 0.25) is 0 Å². The van der Waals surface area contributed by atoms with E-state index in [-0.39, 0.29) is 0 Å². The summed E-state index contributed by atoms with van der Waals surface area (Å²) in [6, 6.07) is 13.9. The highest BCUT2D eigenvalue weighted by Crippen LogP contribution is 2.29. The number of rotatable bonds is 2. The Hall–Kier alpha value is -1.65. The van der Waals surface area contributed by atoms with E-state index in [1.807, 2.05) is 56.6 Å². The van der Waals surface area contributed by atoms with Gasteiger partial charge in [0.25, 0.3) is 0 Å². The summed E-state index contributed by atoms with van der Waals surface area (Å²) in [5.74, 6) is 0.629. The van der Waals surface area contributed by atoms with Crippen LogP contribution in [-0.2, 0) is 0 Å². The molecule has 2 aromatic carbocycles. The van der Waals surface area contributed by atoms with Gasteiger partial charge >= 0.3 is 0 Å². The molecule has 5 heteroatoms. The summed E-state index contributed by atoms with van der Waals surface area (Å²) >= 11 is 9.80. The first kappa shape index (κ1) is 14.3.